The van der Waals surface area contributed by atoms with Gasteiger partial charge in [-0.1, -0.05) is 24.3 Å². The van der Waals surface area contributed by atoms with Crippen LogP contribution in [0.25, 0.3) is 11.0 Å². The molecular weight excluding hydrogens is 348 g/mol. The largest absolute Gasteiger partial charge is 0.330 e. The summed E-state index contributed by atoms with van der Waals surface area (Å²) in [5.41, 5.74) is 5.45. The fourth-order valence-electron chi connectivity index (χ4n) is 4.07. The number of nitrogens with zero attached hydrogens (tertiary/aromatic N) is 3. The van der Waals surface area contributed by atoms with Crippen molar-refractivity contribution in [3.63, 3.8) is 0 Å². The molecule has 1 aliphatic heterocycles. The van der Waals surface area contributed by atoms with Gasteiger partial charge in [0.25, 0.3) is 0 Å². The quantitative estimate of drug-likeness (QED) is 0.748. The van der Waals surface area contributed by atoms with Gasteiger partial charge < -0.3 is 9.88 Å². The molecule has 2 aromatic carbocycles. The van der Waals surface area contributed by atoms with Crippen LogP contribution in [0.2, 0.25) is 0 Å². The number of para-hydroxylation sites is 2. The Morgan fingerprint density at radius 1 is 1.18 bits per heavy atom. The summed E-state index contributed by atoms with van der Waals surface area (Å²) in [4.78, 5) is 20.0. The van der Waals surface area contributed by atoms with Crippen LogP contribution < -0.4 is 5.32 Å². The van der Waals surface area contributed by atoms with Crippen molar-refractivity contribution in [1.29, 1.82) is 0 Å². The first kappa shape index (κ1) is 18.7. The maximum absolute atomic E-state index is 12.9. The average Bonchev–Trinajstić information content (AvgIpc) is 3.01. The average molecular weight is 377 g/mol. The molecule has 5 heteroatoms. The number of carbonyl (C=O) groups excluding carboxylic acids is 1. The number of aryl methyl sites for hydroxylation is 2. The number of hydrogen-bond donors (Lipinski definition) is 1. The van der Waals surface area contributed by atoms with Crippen molar-refractivity contribution in [2.45, 2.75) is 33.2 Å². The van der Waals surface area contributed by atoms with Crippen LogP contribution in [0.5, 0.6) is 0 Å². The number of hydrogen-bond acceptors (Lipinski definition) is 3. The summed E-state index contributed by atoms with van der Waals surface area (Å²) < 4.78 is 2.16. The Balaban J connectivity index is 1.44. The second-order valence-electron chi connectivity index (χ2n) is 7.89. The minimum Gasteiger partial charge on any atom is -0.330 e. The number of anilines is 1. The van der Waals surface area contributed by atoms with Gasteiger partial charge in [0.2, 0.25) is 5.91 Å². The molecule has 1 N–H and O–H groups in total. The van der Waals surface area contributed by atoms with Crippen molar-refractivity contribution >= 4 is 22.6 Å². The zero-order chi connectivity index (χ0) is 19.7. The fraction of sp³-hybridized carbons (Fsp3) is 0.391. The Bertz CT molecular complexity index is 1010. The number of benzene rings is 2. The maximum atomic E-state index is 12.9. The molecule has 146 valence electrons. The summed E-state index contributed by atoms with van der Waals surface area (Å²) in [6.45, 7) is 6.70. The van der Waals surface area contributed by atoms with Crippen molar-refractivity contribution in [2.24, 2.45) is 13.0 Å². The van der Waals surface area contributed by atoms with Crippen LogP contribution in [0, 0.1) is 19.8 Å². The van der Waals surface area contributed by atoms with Crippen LogP contribution in [-0.4, -0.2) is 33.4 Å². The van der Waals surface area contributed by atoms with Crippen LogP contribution in [0.3, 0.4) is 0 Å². The van der Waals surface area contributed by atoms with E-state index in [1.165, 1.54) is 5.56 Å². The van der Waals surface area contributed by atoms with Crippen molar-refractivity contribution in [2.75, 3.05) is 18.4 Å². The highest BCUT2D eigenvalue weighted by Crippen LogP contribution is 2.24. The van der Waals surface area contributed by atoms with Gasteiger partial charge in [0.05, 0.1) is 23.5 Å². The van der Waals surface area contributed by atoms with E-state index in [2.05, 4.69) is 53.9 Å². The van der Waals surface area contributed by atoms with Gasteiger partial charge in [-0.05, 0) is 62.6 Å². The highest BCUT2D eigenvalue weighted by molar-refractivity contribution is 5.93. The first-order chi connectivity index (χ1) is 13.5. The highest BCUT2D eigenvalue weighted by Gasteiger charge is 2.27. The Kier molecular flexibility index (Phi) is 5.18. The zero-order valence-corrected chi connectivity index (χ0v) is 16.9. The zero-order valence-electron chi connectivity index (χ0n) is 16.9. The number of piperidine rings is 1. The Morgan fingerprint density at radius 3 is 2.82 bits per heavy atom. The van der Waals surface area contributed by atoms with Crippen LogP contribution in [-0.2, 0) is 18.4 Å². The van der Waals surface area contributed by atoms with E-state index >= 15 is 0 Å². The summed E-state index contributed by atoms with van der Waals surface area (Å²) >= 11 is 0. The van der Waals surface area contributed by atoms with E-state index in [0.717, 1.165) is 60.6 Å². The van der Waals surface area contributed by atoms with E-state index in [1.807, 2.05) is 24.3 Å². The Morgan fingerprint density at radius 2 is 2.00 bits per heavy atom. The molecule has 1 fully saturated rings. The molecule has 4 rings (SSSR count). The molecule has 0 radical (unpaired) electrons. The lowest BCUT2D eigenvalue weighted by molar-refractivity contribution is -0.121. The number of amides is 1. The molecule has 5 nitrogen and oxygen atoms in total. The number of imidazole rings is 1. The maximum Gasteiger partial charge on any atom is 0.228 e. The Hall–Kier alpha value is -2.66. The molecule has 1 atom stereocenters. The van der Waals surface area contributed by atoms with E-state index in [-0.39, 0.29) is 11.8 Å². The molecule has 0 saturated carbocycles. The predicted octanol–water partition coefficient (Wildman–Crippen LogP) is 4.04. The normalized spacial score (nSPS) is 17.8. The van der Waals surface area contributed by atoms with Gasteiger partial charge in [-0.25, -0.2) is 4.98 Å². The first-order valence-corrected chi connectivity index (χ1v) is 10.0. The fourth-order valence-corrected chi connectivity index (χ4v) is 4.07. The van der Waals surface area contributed by atoms with Gasteiger partial charge in [-0.2, -0.15) is 0 Å². The molecule has 28 heavy (non-hydrogen) atoms. The molecule has 2 heterocycles. The van der Waals surface area contributed by atoms with E-state index in [4.69, 9.17) is 4.98 Å². The van der Waals surface area contributed by atoms with E-state index in [1.54, 1.807) is 0 Å². The van der Waals surface area contributed by atoms with Gasteiger partial charge in [0.1, 0.15) is 5.82 Å². The SMILES string of the molecule is Cc1cccc(NC(=O)[C@H]2CCCN(Cc3nc4ccccc4n3C)C2)c1C. The van der Waals surface area contributed by atoms with E-state index in [9.17, 15) is 4.79 Å². The van der Waals surface area contributed by atoms with Crippen LogP contribution in [0.15, 0.2) is 42.5 Å². The molecular formula is C23H28N4O. The second kappa shape index (κ2) is 7.76. The smallest absolute Gasteiger partial charge is 0.228 e. The van der Waals surface area contributed by atoms with Gasteiger partial charge in [0.15, 0.2) is 0 Å². The minimum atomic E-state index is 0.0170. The van der Waals surface area contributed by atoms with Crippen molar-refractivity contribution in [3.8, 4) is 0 Å². The lowest BCUT2D eigenvalue weighted by Crippen LogP contribution is -2.40. The highest BCUT2D eigenvalue weighted by atomic mass is 16.1. The Labute approximate surface area is 166 Å². The van der Waals surface area contributed by atoms with Gasteiger partial charge in [-0.3, -0.25) is 9.69 Å². The molecule has 0 aliphatic carbocycles. The van der Waals surface area contributed by atoms with Crippen molar-refractivity contribution in [3.05, 3.63) is 59.4 Å². The first-order valence-electron chi connectivity index (χ1n) is 10.0. The summed E-state index contributed by atoms with van der Waals surface area (Å²) in [6.07, 6.45) is 1.98. The number of aromatic nitrogens is 2. The summed E-state index contributed by atoms with van der Waals surface area (Å²) in [5, 5.41) is 3.15. The topological polar surface area (TPSA) is 50.2 Å². The van der Waals surface area contributed by atoms with Crippen molar-refractivity contribution < 1.29 is 4.79 Å². The molecule has 0 spiro atoms. The summed E-state index contributed by atoms with van der Waals surface area (Å²) in [6, 6.07) is 14.3. The van der Waals surface area contributed by atoms with Gasteiger partial charge >= 0.3 is 0 Å². The molecule has 1 amide bonds. The van der Waals surface area contributed by atoms with Gasteiger partial charge in [0, 0.05) is 19.3 Å². The molecule has 1 aliphatic rings. The van der Waals surface area contributed by atoms with Crippen LogP contribution in [0.1, 0.15) is 29.8 Å². The standard InChI is InChI=1S/C23H28N4O/c1-16-8-6-11-19(17(16)2)25-23(28)18-9-7-13-27(14-18)15-22-24-20-10-4-5-12-21(20)26(22)3/h4-6,8,10-12,18H,7,9,13-15H2,1-3H3,(H,25,28)/t18-/m0/s1. The van der Waals surface area contributed by atoms with Crippen LogP contribution >= 0.6 is 0 Å². The third kappa shape index (κ3) is 3.67. The predicted molar refractivity (Wildman–Crippen MR) is 113 cm³/mol. The molecule has 0 unspecified atom stereocenters. The number of nitrogens with one attached hydrogen (secondary N) is 1. The number of likely N-dealkylation sites (tertiary alicyclic amines) is 1. The van der Waals surface area contributed by atoms with Crippen LogP contribution in [0.4, 0.5) is 5.69 Å². The molecule has 1 aromatic heterocycles. The third-order valence-corrected chi connectivity index (χ3v) is 5.98. The molecule has 0 bridgehead atoms. The molecule has 3 aromatic rings. The minimum absolute atomic E-state index is 0.0170. The number of rotatable bonds is 4. The van der Waals surface area contributed by atoms with E-state index in [0.29, 0.717) is 0 Å². The lowest BCUT2D eigenvalue weighted by atomic mass is 9.96. The number of fused-ring (bicyclic) bond motifs is 1. The summed E-state index contributed by atoms with van der Waals surface area (Å²) in [5.74, 6) is 1.20. The van der Waals surface area contributed by atoms with Crippen molar-refractivity contribution in [1.82, 2.24) is 14.5 Å². The second-order valence-corrected chi connectivity index (χ2v) is 7.89. The van der Waals surface area contributed by atoms with Gasteiger partial charge in [-0.15, -0.1) is 0 Å². The lowest BCUT2D eigenvalue weighted by Gasteiger charge is -2.31. The monoisotopic (exact) mass is 376 g/mol. The number of carbonyl (C=O) groups is 1. The third-order valence-electron chi connectivity index (χ3n) is 5.98. The summed E-state index contributed by atoms with van der Waals surface area (Å²) in [7, 11) is 2.07. The molecule has 1 saturated heterocycles. The van der Waals surface area contributed by atoms with E-state index < -0.39 is 0 Å².